The first kappa shape index (κ1) is 20.5. The maximum absolute atomic E-state index is 12.7. The van der Waals surface area contributed by atoms with Crippen LogP contribution in [-0.4, -0.2) is 37.3 Å². The summed E-state index contributed by atoms with van der Waals surface area (Å²) >= 11 is 6.11. The molecule has 6 nitrogen and oxygen atoms in total. The van der Waals surface area contributed by atoms with Gasteiger partial charge >= 0.3 is 0 Å². The summed E-state index contributed by atoms with van der Waals surface area (Å²) in [6.45, 7) is 1.00. The number of nitrogens with one attached hydrogen (secondary N) is 1. The number of nitrogens with zero attached hydrogens (tertiary/aromatic N) is 1. The molecule has 1 saturated heterocycles. The summed E-state index contributed by atoms with van der Waals surface area (Å²) in [7, 11) is -3.64. The van der Waals surface area contributed by atoms with E-state index in [2.05, 4.69) is 5.32 Å². The summed E-state index contributed by atoms with van der Waals surface area (Å²) < 4.78 is 26.9. The van der Waals surface area contributed by atoms with Crippen LogP contribution in [0.3, 0.4) is 0 Å². The zero-order valence-electron chi connectivity index (χ0n) is 13.8. The Hall–Kier alpha value is -0.860. The third-order valence-electron chi connectivity index (χ3n) is 4.82. The second-order valence-electron chi connectivity index (χ2n) is 6.57. The summed E-state index contributed by atoms with van der Waals surface area (Å²) in [5.74, 6) is -0.271. The normalized spacial score (nSPS) is 20.2. The Morgan fingerprint density at radius 3 is 2.36 bits per heavy atom. The van der Waals surface area contributed by atoms with Crippen LogP contribution in [0.25, 0.3) is 0 Å². The van der Waals surface area contributed by atoms with Crippen molar-refractivity contribution in [1.29, 1.82) is 0 Å². The molecule has 9 heteroatoms. The summed E-state index contributed by atoms with van der Waals surface area (Å²) in [5, 5.41) is 2.90. The lowest BCUT2D eigenvalue weighted by atomic mass is 9.98. The van der Waals surface area contributed by atoms with Crippen molar-refractivity contribution >= 4 is 45.6 Å². The molecule has 2 fully saturated rings. The molecule has 0 aromatic heterocycles. The van der Waals surface area contributed by atoms with Crippen LogP contribution in [-0.2, 0) is 14.8 Å². The Morgan fingerprint density at radius 2 is 1.76 bits per heavy atom. The predicted molar refractivity (Wildman–Crippen MR) is 101 cm³/mol. The van der Waals surface area contributed by atoms with E-state index < -0.39 is 15.6 Å². The maximum Gasteiger partial charge on any atom is 0.244 e. The number of carbonyl (C=O) groups excluding carboxylic acids is 1. The average Bonchev–Trinajstić information content (AvgIpc) is 3.21. The number of nitrogens with two attached hydrogens (primary N) is 1. The van der Waals surface area contributed by atoms with Crippen molar-refractivity contribution in [3.05, 3.63) is 23.2 Å². The van der Waals surface area contributed by atoms with Crippen LogP contribution < -0.4 is 11.1 Å². The number of hydrogen-bond donors (Lipinski definition) is 2. The molecular formula is C16H23Cl2N3O3S. The number of benzene rings is 1. The van der Waals surface area contributed by atoms with Gasteiger partial charge in [0.1, 0.15) is 4.90 Å². The summed E-state index contributed by atoms with van der Waals surface area (Å²) in [5.41, 5.74) is 5.67. The number of rotatable bonds is 4. The number of hydrogen-bond acceptors (Lipinski definition) is 4. The number of amides is 1. The fraction of sp³-hybridized carbons (Fsp3) is 0.562. The van der Waals surface area contributed by atoms with E-state index in [4.69, 9.17) is 17.3 Å². The highest BCUT2D eigenvalue weighted by Gasteiger charge is 2.37. The maximum atomic E-state index is 12.7. The molecule has 140 valence electrons. The summed E-state index contributed by atoms with van der Waals surface area (Å²) in [4.78, 5) is 12.4. The van der Waals surface area contributed by atoms with Crippen LogP contribution in [0, 0.1) is 0 Å². The van der Waals surface area contributed by atoms with Crippen molar-refractivity contribution in [2.24, 2.45) is 5.73 Å². The minimum absolute atomic E-state index is 0. The van der Waals surface area contributed by atoms with Crippen molar-refractivity contribution < 1.29 is 13.2 Å². The Labute approximate surface area is 159 Å². The van der Waals surface area contributed by atoms with Crippen molar-refractivity contribution in [3.8, 4) is 0 Å². The van der Waals surface area contributed by atoms with E-state index in [-0.39, 0.29) is 28.2 Å². The Kier molecular flexibility index (Phi) is 6.38. The molecule has 0 bridgehead atoms. The average molecular weight is 408 g/mol. The first-order valence-corrected chi connectivity index (χ1v) is 10.0. The standard InChI is InChI=1S/C16H22ClN3O3S.ClH/c17-13-6-5-12(19-15(21)16(18)7-1-2-8-16)11-14(13)24(22,23)20-9-3-4-10-20;/h5-6,11H,1-4,7-10,18H2,(H,19,21);1H. The molecule has 1 aromatic carbocycles. The lowest BCUT2D eigenvalue weighted by Crippen LogP contribution is -2.48. The van der Waals surface area contributed by atoms with Gasteiger partial charge in [0.05, 0.1) is 10.6 Å². The zero-order chi connectivity index (χ0) is 17.4. The van der Waals surface area contributed by atoms with Gasteiger partial charge in [0.15, 0.2) is 0 Å². The highest BCUT2D eigenvalue weighted by atomic mass is 35.5. The van der Waals surface area contributed by atoms with Gasteiger partial charge in [0, 0.05) is 18.8 Å². The van der Waals surface area contributed by atoms with Gasteiger partial charge < -0.3 is 11.1 Å². The van der Waals surface area contributed by atoms with Gasteiger partial charge in [0.2, 0.25) is 15.9 Å². The van der Waals surface area contributed by atoms with Gasteiger partial charge in [0.25, 0.3) is 0 Å². The topological polar surface area (TPSA) is 92.5 Å². The van der Waals surface area contributed by atoms with Crippen LogP contribution in [0.4, 0.5) is 5.69 Å². The molecule has 2 aliphatic rings. The van der Waals surface area contributed by atoms with E-state index in [9.17, 15) is 13.2 Å². The molecule has 25 heavy (non-hydrogen) atoms. The highest BCUT2D eigenvalue weighted by Crippen LogP contribution is 2.31. The molecule has 1 aliphatic carbocycles. The van der Waals surface area contributed by atoms with Crippen molar-refractivity contribution in [1.82, 2.24) is 4.31 Å². The first-order chi connectivity index (χ1) is 11.3. The molecule has 3 rings (SSSR count). The lowest BCUT2D eigenvalue weighted by Gasteiger charge is -2.23. The molecule has 1 aromatic rings. The van der Waals surface area contributed by atoms with E-state index in [1.807, 2.05) is 0 Å². The van der Waals surface area contributed by atoms with E-state index in [0.29, 0.717) is 31.6 Å². The highest BCUT2D eigenvalue weighted by molar-refractivity contribution is 7.89. The molecule has 0 atom stereocenters. The van der Waals surface area contributed by atoms with Gasteiger partial charge in [-0.2, -0.15) is 4.31 Å². The summed E-state index contributed by atoms with van der Waals surface area (Å²) in [6, 6.07) is 4.52. The third kappa shape index (κ3) is 4.11. The van der Waals surface area contributed by atoms with Gasteiger partial charge in [-0.15, -0.1) is 12.4 Å². The van der Waals surface area contributed by atoms with Gasteiger partial charge in [-0.3, -0.25) is 4.79 Å². The first-order valence-electron chi connectivity index (χ1n) is 8.23. The van der Waals surface area contributed by atoms with Gasteiger partial charge in [-0.1, -0.05) is 24.4 Å². The van der Waals surface area contributed by atoms with Gasteiger partial charge in [-0.05, 0) is 43.9 Å². The number of carbonyl (C=O) groups is 1. The summed E-state index contributed by atoms with van der Waals surface area (Å²) in [6.07, 6.45) is 4.85. The Balaban J connectivity index is 0.00000225. The van der Waals surface area contributed by atoms with E-state index in [0.717, 1.165) is 25.7 Å². The number of anilines is 1. The number of halogens is 2. The lowest BCUT2D eigenvalue weighted by molar-refractivity contribution is -0.121. The molecule has 1 aliphatic heterocycles. The molecule has 1 heterocycles. The zero-order valence-corrected chi connectivity index (χ0v) is 16.2. The molecule has 0 unspecified atom stereocenters. The largest absolute Gasteiger partial charge is 0.324 e. The van der Waals surface area contributed by atoms with E-state index in [1.54, 1.807) is 6.07 Å². The fourth-order valence-electron chi connectivity index (χ4n) is 3.33. The number of sulfonamides is 1. The Bertz CT molecular complexity index is 743. The molecule has 0 spiro atoms. The van der Waals surface area contributed by atoms with E-state index in [1.165, 1.54) is 16.4 Å². The second kappa shape index (κ2) is 7.80. The van der Waals surface area contributed by atoms with E-state index >= 15 is 0 Å². The monoisotopic (exact) mass is 407 g/mol. The molecule has 1 saturated carbocycles. The minimum atomic E-state index is -3.64. The van der Waals surface area contributed by atoms with Crippen molar-refractivity contribution in [3.63, 3.8) is 0 Å². The molecule has 3 N–H and O–H groups in total. The van der Waals surface area contributed by atoms with Crippen LogP contribution in [0.2, 0.25) is 5.02 Å². The molecular weight excluding hydrogens is 385 g/mol. The second-order valence-corrected chi connectivity index (χ2v) is 8.89. The van der Waals surface area contributed by atoms with Crippen LogP contribution in [0.1, 0.15) is 38.5 Å². The molecule has 0 radical (unpaired) electrons. The predicted octanol–water partition coefficient (Wildman–Crippen LogP) is 2.76. The SMILES string of the molecule is Cl.NC1(C(=O)Nc2ccc(Cl)c(S(=O)(=O)N3CCCC3)c2)CCCC1. The van der Waals surface area contributed by atoms with Crippen molar-refractivity contribution in [2.75, 3.05) is 18.4 Å². The third-order valence-corrected chi connectivity index (χ3v) is 7.20. The van der Waals surface area contributed by atoms with Gasteiger partial charge in [-0.25, -0.2) is 8.42 Å². The fourth-order valence-corrected chi connectivity index (χ4v) is 5.35. The van der Waals surface area contributed by atoms with Crippen LogP contribution in [0.15, 0.2) is 23.1 Å². The Morgan fingerprint density at radius 1 is 1.16 bits per heavy atom. The molecule has 1 amide bonds. The smallest absolute Gasteiger partial charge is 0.244 e. The quantitative estimate of drug-likeness (QED) is 0.801. The van der Waals surface area contributed by atoms with Crippen LogP contribution in [0.5, 0.6) is 0 Å². The minimum Gasteiger partial charge on any atom is -0.324 e. The van der Waals surface area contributed by atoms with Crippen molar-refractivity contribution in [2.45, 2.75) is 49.0 Å². The van der Waals surface area contributed by atoms with Crippen LogP contribution >= 0.6 is 24.0 Å².